The van der Waals surface area contributed by atoms with Gasteiger partial charge in [0.2, 0.25) is 11.0 Å². The number of hydrogen-bond acceptors (Lipinski definition) is 6. The summed E-state index contributed by atoms with van der Waals surface area (Å²) in [5.74, 6) is 0.944. The molecule has 4 aromatic rings. The van der Waals surface area contributed by atoms with Crippen LogP contribution in [0.25, 0.3) is 11.3 Å². The lowest BCUT2D eigenvalue weighted by molar-refractivity contribution is -0.137. The Morgan fingerprint density at radius 3 is 2.50 bits per heavy atom. The molecule has 2 aromatic heterocycles. The summed E-state index contributed by atoms with van der Waals surface area (Å²) in [6.45, 7) is 0.0792. The van der Waals surface area contributed by atoms with Crippen LogP contribution in [0.5, 0.6) is 0 Å². The van der Waals surface area contributed by atoms with E-state index in [2.05, 4.69) is 25.8 Å². The third kappa shape index (κ3) is 5.49. The summed E-state index contributed by atoms with van der Waals surface area (Å²) in [6.07, 6.45) is -2.49. The van der Waals surface area contributed by atoms with Crippen LogP contribution < -0.4 is 10.6 Å². The van der Waals surface area contributed by atoms with E-state index in [1.54, 1.807) is 6.20 Å². The number of nitrogens with one attached hydrogen (secondary N) is 2. The monoisotopic (exact) mass is 459 g/mol. The van der Waals surface area contributed by atoms with Crippen molar-refractivity contribution < 1.29 is 22.4 Å². The zero-order valence-corrected chi connectivity index (χ0v) is 17.2. The van der Waals surface area contributed by atoms with Crippen molar-refractivity contribution in [3.05, 3.63) is 82.8 Å². The summed E-state index contributed by atoms with van der Waals surface area (Å²) in [6, 6.07) is 13.8. The van der Waals surface area contributed by atoms with Gasteiger partial charge in [-0.25, -0.2) is 9.78 Å². The van der Waals surface area contributed by atoms with Crippen LogP contribution in [0.2, 0.25) is 0 Å². The number of oxazole rings is 1. The third-order valence-electron chi connectivity index (χ3n) is 4.34. The van der Waals surface area contributed by atoms with Crippen LogP contribution in [0.4, 0.5) is 23.1 Å². The molecule has 2 N–H and O–H groups in total. The molecule has 11 heteroatoms. The Morgan fingerprint density at radius 2 is 1.78 bits per heavy atom. The molecule has 0 atom stereocenters. The number of hydrogen-bond donors (Lipinski definition) is 2. The topological polar surface area (TPSA) is 92.9 Å². The fourth-order valence-corrected chi connectivity index (χ4v) is 3.56. The molecule has 2 heterocycles. The van der Waals surface area contributed by atoms with E-state index < -0.39 is 17.8 Å². The third-order valence-corrected chi connectivity index (χ3v) is 5.17. The van der Waals surface area contributed by atoms with Crippen molar-refractivity contribution in [2.75, 3.05) is 5.32 Å². The molecule has 0 spiro atoms. The fourth-order valence-electron chi connectivity index (χ4n) is 2.79. The number of anilines is 1. The number of aromatic nitrogens is 3. The van der Waals surface area contributed by atoms with Gasteiger partial charge in [-0.3, -0.25) is 5.32 Å². The minimum atomic E-state index is -4.38. The Balaban J connectivity index is 1.28. The lowest BCUT2D eigenvalue weighted by atomic mass is 10.1. The summed E-state index contributed by atoms with van der Waals surface area (Å²) in [7, 11) is 0. The Hall–Kier alpha value is -3.73. The Labute approximate surface area is 184 Å². The molecule has 0 saturated heterocycles. The maximum atomic E-state index is 12.6. The summed E-state index contributed by atoms with van der Waals surface area (Å²) in [5.41, 5.74) is 0.827. The molecular formula is C21H16F3N5O2S. The second-order valence-electron chi connectivity index (χ2n) is 6.66. The van der Waals surface area contributed by atoms with Gasteiger partial charge in [-0.2, -0.15) is 13.2 Å². The highest BCUT2D eigenvalue weighted by molar-refractivity contribution is 7.15. The first kappa shape index (κ1) is 21.5. The van der Waals surface area contributed by atoms with Gasteiger partial charge in [0.05, 0.1) is 18.3 Å². The number of carbonyl (C=O) groups excluding carboxylic acids is 1. The van der Waals surface area contributed by atoms with E-state index in [1.165, 1.54) is 12.1 Å². The van der Waals surface area contributed by atoms with Gasteiger partial charge < -0.3 is 9.73 Å². The molecule has 164 valence electrons. The van der Waals surface area contributed by atoms with Crippen molar-refractivity contribution >= 4 is 22.5 Å². The molecule has 4 rings (SSSR count). The smallest absolute Gasteiger partial charge is 0.416 e. The predicted octanol–water partition coefficient (Wildman–Crippen LogP) is 5.12. The zero-order valence-electron chi connectivity index (χ0n) is 16.4. The van der Waals surface area contributed by atoms with Crippen LogP contribution in [0.15, 0.2) is 65.2 Å². The molecule has 0 bridgehead atoms. The summed E-state index contributed by atoms with van der Waals surface area (Å²) in [4.78, 5) is 16.2. The molecule has 2 amide bonds. The van der Waals surface area contributed by atoms with E-state index in [1.807, 2.05) is 30.3 Å². The summed E-state index contributed by atoms with van der Waals surface area (Å²) < 4.78 is 43.6. The van der Waals surface area contributed by atoms with Crippen LogP contribution in [0.1, 0.15) is 22.0 Å². The first-order valence-corrected chi connectivity index (χ1v) is 10.2. The predicted molar refractivity (Wildman–Crippen MR) is 112 cm³/mol. The number of benzene rings is 2. The minimum absolute atomic E-state index is 0.0792. The molecule has 32 heavy (non-hydrogen) atoms. The largest absolute Gasteiger partial charge is 0.439 e. The van der Waals surface area contributed by atoms with Crippen molar-refractivity contribution in [1.29, 1.82) is 0 Å². The zero-order chi connectivity index (χ0) is 22.6. The van der Waals surface area contributed by atoms with E-state index in [0.29, 0.717) is 28.6 Å². The van der Waals surface area contributed by atoms with Crippen LogP contribution >= 0.6 is 11.3 Å². The molecule has 0 aliphatic carbocycles. The van der Waals surface area contributed by atoms with Crippen molar-refractivity contribution in [3.8, 4) is 11.3 Å². The Morgan fingerprint density at radius 1 is 1.03 bits per heavy atom. The van der Waals surface area contributed by atoms with Crippen molar-refractivity contribution in [1.82, 2.24) is 20.5 Å². The standard InChI is InChI=1S/C21H16F3N5O2S/c22-21(23,24)15-8-6-13(7-9-15)10-18-28-29-20(32-18)27-19(30)26-12-17-25-11-16(31-17)14-4-2-1-3-5-14/h1-9,11H,10,12H2,(H2,26,27,29,30). The van der Waals surface area contributed by atoms with E-state index in [4.69, 9.17) is 4.42 Å². The van der Waals surface area contributed by atoms with Crippen LogP contribution in [0, 0.1) is 0 Å². The molecule has 0 aliphatic heterocycles. The number of halogens is 3. The lowest BCUT2D eigenvalue weighted by Crippen LogP contribution is -2.28. The van der Waals surface area contributed by atoms with Gasteiger partial charge in [0.1, 0.15) is 5.01 Å². The molecule has 0 unspecified atom stereocenters. The maximum Gasteiger partial charge on any atom is 0.416 e. The summed E-state index contributed by atoms with van der Waals surface area (Å²) in [5, 5.41) is 13.9. The lowest BCUT2D eigenvalue weighted by Gasteiger charge is -2.06. The SMILES string of the molecule is O=C(NCc1ncc(-c2ccccc2)o1)Nc1nnc(Cc2ccc(C(F)(F)F)cc2)s1. The van der Waals surface area contributed by atoms with E-state index >= 15 is 0 Å². The first-order valence-electron chi connectivity index (χ1n) is 9.40. The summed E-state index contributed by atoms with van der Waals surface area (Å²) >= 11 is 1.13. The molecule has 7 nitrogen and oxygen atoms in total. The number of amides is 2. The normalized spacial score (nSPS) is 11.3. The van der Waals surface area contributed by atoms with Crippen LogP contribution in [0.3, 0.4) is 0 Å². The molecule has 0 radical (unpaired) electrons. The Kier molecular flexibility index (Phi) is 6.17. The van der Waals surface area contributed by atoms with Crippen LogP contribution in [-0.2, 0) is 19.1 Å². The van der Waals surface area contributed by atoms with Gasteiger partial charge in [0.15, 0.2) is 5.76 Å². The minimum Gasteiger partial charge on any atom is -0.439 e. The molecular weight excluding hydrogens is 443 g/mol. The highest BCUT2D eigenvalue weighted by atomic mass is 32.1. The van der Waals surface area contributed by atoms with Gasteiger partial charge in [0.25, 0.3) is 0 Å². The average Bonchev–Trinajstić information content (AvgIpc) is 3.42. The van der Waals surface area contributed by atoms with Crippen LogP contribution in [-0.4, -0.2) is 21.2 Å². The number of alkyl halides is 3. The number of nitrogens with zero attached hydrogens (tertiary/aromatic N) is 3. The van der Waals surface area contributed by atoms with Crippen molar-refractivity contribution in [3.63, 3.8) is 0 Å². The highest BCUT2D eigenvalue weighted by Crippen LogP contribution is 2.29. The molecule has 2 aromatic carbocycles. The molecule has 0 aliphatic rings. The number of urea groups is 1. The van der Waals surface area contributed by atoms with E-state index in [-0.39, 0.29) is 11.7 Å². The average molecular weight is 459 g/mol. The number of carbonyl (C=O) groups is 1. The van der Waals surface area contributed by atoms with E-state index in [0.717, 1.165) is 29.0 Å². The molecule has 0 fully saturated rings. The Bertz CT molecular complexity index is 1190. The van der Waals surface area contributed by atoms with Crippen molar-refractivity contribution in [2.24, 2.45) is 0 Å². The quantitative estimate of drug-likeness (QED) is 0.417. The van der Waals surface area contributed by atoms with Gasteiger partial charge in [-0.15, -0.1) is 10.2 Å². The van der Waals surface area contributed by atoms with Gasteiger partial charge in [-0.1, -0.05) is 53.8 Å². The van der Waals surface area contributed by atoms with Gasteiger partial charge in [-0.05, 0) is 17.7 Å². The number of rotatable bonds is 6. The van der Waals surface area contributed by atoms with Crippen molar-refractivity contribution in [2.45, 2.75) is 19.1 Å². The van der Waals surface area contributed by atoms with E-state index in [9.17, 15) is 18.0 Å². The van der Waals surface area contributed by atoms with Gasteiger partial charge in [0, 0.05) is 12.0 Å². The second-order valence-corrected chi connectivity index (χ2v) is 7.73. The first-order chi connectivity index (χ1) is 15.4. The fraction of sp³-hybridized carbons (Fsp3) is 0.143. The highest BCUT2D eigenvalue weighted by Gasteiger charge is 2.29. The molecule has 0 saturated carbocycles. The maximum absolute atomic E-state index is 12.6. The van der Waals surface area contributed by atoms with Gasteiger partial charge >= 0.3 is 12.2 Å². The second kappa shape index (κ2) is 9.18.